The molecular formula is C19H26N2O3S. The first-order valence-electron chi connectivity index (χ1n) is 9.09. The molecule has 1 heterocycles. The van der Waals surface area contributed by atoms with Crippen LogP contribution in [0.4, 0.5) is 4.79 Å². The molecule has 0 aromatic heterocycles. The molecule has 1 aromatic carbocycles. The summed E-state index contributed by atoms with van der Waals surface area (Å²) in [6.07, 6.45) is 6.54. The van der Waals surface area contributed by atoms with Crippen LogP contribution in [0.2, 0.25) is 0 Å². The van der Waals surface area contributed by atoms with E-state index in [1.54, 1.807) is 16.7 Å². The van der Waals surface area contributed by atoms with Gasteiger partial charge in [-0.3, -0.25) is 9.69 Å². The van der Waals surface area contributed by atoms with Crippen LogP contribution in [0.5, 0.6) is 0 Å². The van der Waals surface area contributed by atoms with Crippen molar-refractivity contribution in [1.29, 1.82) is 0 Å². The van der Waals surface area contributed by atoms with Crippen LogP contribution in [-0.2, 0) is 16.1 Å². The molecule has 0 bridgehead atoms. The summed E-state index contributed by atoms with van der Waals surface area (Å²) < 4.78 is 5.40. The van der Waals surface area contributed by atoms with Gasteiger partial charge >= 0.3 is 6.09 Å². The summed E-state index contributed by atoms with van der Waals surface area (Å²) in [5.74, 6) is 1.11. The van der Waals surface area contributed by atoms with Gasteiger partial charge in [-0.1, -0.05) is 56.0 Å². The highest BCUT2D eigenvalue weighted by atomic mass is 32.2. The molecule has 1 saturated carbocycles. The Bertz CT molecular complexity index is 573. The lowest BCUT2D eigenvalue weighted by molar-refractivity contribution is -0.125. The second kappa shape index (κ2) is 9.13. The molecule has 1 N–H and O–H groups in total. The third-order valence-electron chi connectivity index (χ3n) is 4.83. The van der Waals surface area contributed by atoms with Gasteiger partial charge in [0.15, 0.2) is 0 Å². The van der Waals surface area contributed by atoms with E-state index in [0.29, 0.717) is 11.6 Å². The number of hydrogen-bond donors (Lipinski definition) is 1. The van der Waals surface area contributed by atoms with E-state index in [4.69, 9.17) is 4.74 Å². The van der Waals surface area contributed by atoms with Crippen molar-refractivity contribution >= 4 is 23.8 Å². The second-order valence-electron chi connectivity index (χ2n) is 6.72. The Balaban J connectivity index is 1.52. The lowest BCUT2D eigenvalue weighted by Crippen LogP contribution is -2.50. The molecule has 25 heavy (non-hydrogen) atoms. The van der Waals surface area contributed by atoms with Crippen LogP contribution in [0.1, 0.15) is 44.1 Å². The fourth-order valence-electron chi connectivity index (χ4n) is 3.36. The van der Waals surface area contributed by atoms with Gasteiger partial charge in [0, 0.05) is 11.8 Å². The molecule has 1 saturated heterocycles. The maximum absolute atomic E-state index is 12.6. The first-order chi connectivity index (χ1) is 12.2. The highest BCUT2D eigenvalue weighted by Gasteiger charge is 2.36. The Morgan fingerprint density at radius 1 is 1.12 bits per heavy atom. The average molecular weight is 362 g/mol. The molecule has 0 spiro atoms. The standard InChI is InChI=1S/C19H26N2O3S/c22-18(20-16-10-6-1-2-7-11-16)17-13-25-14-21(17)19(23)24-12-15-8-4-3-5-9-15/h3-5,8-9,16-17H,1-2,6-7,10-14H2,(H,20,22)/t17-/m1/s1. The largest absolute Gasteiger partial charge is 0.445 e. The molecule has 6 heteroatoms. The third kappa shape index (κ3) is 5.14. The molecule has 3 rings (SSSR count). The van der Waals surface area contributed by atoms with E-state index in [1.807, 2.05) is 30.3 Å². The van der Waals surface area contributed by atoms with E-state index >= 15 is 0 Å². The number of nitrogens with one attached hydrogen (secondary N) is 1. The van der Waals surface area contributed by atoms with Crippen LogP contribution in [0.15, 0.2) is 30.3 Å². The van der Waals surface area contributed by atoms with Gasteiger partial charge in [-0.2, -0.15) is 0 Å². The normalized spacial score (nSPS) is 21.6. The number of ether oxygens (including phenoxy) is 1. The van der Waals surface area contributed by atoms with E-state index in [1.165, 1.54) is 25.7 Å². The molecule has 1 aliphatic carbocycles. The third-order valence-corrected chi connectivity index (χ3v) is 5.84. The zero-order chi connectivity index (χ0) is 17.5. The molecule has 1 aromatic rings. The van der Waals surface area contributed by atoms with Crippen LogP contribution < -0.4 is 5.32 Å². The molecule has 1 aliphatic heterocycles. The Labute approximate surface area is 153 Å². The molecule has 0 radical (unpaired) electrons. The van der Waals surface area contributed by atoms with E-state index in [0.717, 1.165) is 18.4 Å². The number of amides is 2. The van der Waals surface area contributed by atoms with Crippen molar-refractivity contribution in [3.05, 3.63) is 35.9 Å². The van der Waals surface area contributed by atoms with Gasteiger partial charge in [0.2, 0.25) is 5.91 Å². The van der Waals surface area contributed by atoms with Gasteiger partial charge in [0.25, 0.3) is 0 Å². The summed E-state index contributed by atoms with van der Waals surface area (Å²) in [5, 5.41) is 3.16. The van der Waals surface area contributed by atoms with Crippen LogP contribution in [0, 0.1) is 0 Å². The molecule has 136 valence electrons. The van der Waals surface area contributed by atoms with Gasteiger partial charge in [-0.25, -0.2) is 4.79 Å². The molecule has 0 unspecified atom stereocenters. The van der Waals surface area contributed by atoms with E-state index < -0.39 is 12.1 Å². The Morgan fingerprint density at radius 3 is 2.56 bits per heavy atom. The minimum Gasteiger partial charge on any atom is -0.445 e. The average Bonchev–Trinajstić information content (AvgIpc) is 3.00. The van der Waals surface area contributed by atoms with Crippen molar-refractivity contribution < 1.29 is 14.3 Å². The Kier molecular flexibility index (Phi) is 6.62. The monoisotopic (exact) mass is 362 g/mol. The van der Waals surface area contributed by atoms with Crippen LogP contribution >= 0.6 is 11.8 Å². The predicted octanol–water partition coefficient (Wildman–Crippen LogP) is 3.54. The molecule has 5 nitrogen and oxygen atoms in total. The van der Waals surface area contributed by atoms with Crippen LogP contribution in [0.25, 0.3) is 0 Å². The fraction of sp³-hybridized carbons (Fsp3) is 0.579. The van der Waals surface area contributed by atoms with Crippen molar-refractivity contribution in [3.8, 4) is 0 Å². The number of nitrogens with zero attached hydrogens (tertiary/aromatic N) is 1. The molecule has 2 amide bonds. The topological polar surface area (TPSA) is 58.6 Å². The van der Waals surface area contributed by atoms with E-state index in [-0.39, 0.29) is 18.6 Å². The van der Waals surface area contributed by atoms with E-state index in [2.05, 4.69) is 5.32 Å². The second-order valence-corrected chi connectivity index (χ2v) is 7.72. The lowest BCUT2D eigenvalue weighted by Gasteiger charge is -2.25. The van der Waals surface area contributed by atoms with E-state index in [9.17, 15) is 9.59 Å². The smallest absolute Gasteiger partial charge is 0.411 e. The van der Waals surface area contributed by atoms with Gasteiger partial charge in [0.05, 0.1) is 5.88 Å². The number of benzene rings is 1. The lowest BCUT2D eigenvalue weighted by atomic mass is 10.1. The number of carbonyl (C=O) groups excluding carboxylic acids is 2. The summed E-state index contributed by atoms with van der Waals surface area (Å²) >= 11 is 1.60. The summed E-state index contributed by atoms with van der Waals surface area (Å²) in [5.41, 5.74) is 0.946. The fourth-order valence-corrected chi connectivity index (χ4v) is 4.51. The van der Waals surface area contributed by atoms with Gasteiger partial charge in [-0.15, -0.1) is 11.8 Å². The minimum absolute atomic E-state index is 0.0337. The summed E-state index contributed by atoms with van der Waals surface area (Å²) in [6, 6.07) is 9.43. The highest BCUT2D eigenvalue weighted by Crippen LogP contribution is 2.23. The SMILES string of the molecule is O=C(NC1CCCCCC1)[C@H]1CSCN1C(=O)OCc1ccccc1. The zero-order valence-electron chi connectivity index (χ0n) is 14.5. The van der Waals surface area contributed by atoms with Crippen LogP contribution in [0.3, 0.4) is 0 Å². The number of rotatable bonds is 4. The van der Waals surface area contributed by atoms with Crippen molar-refractivity contribution in [2.24, 2.45) is 0 Å². The zero-order valence-corrected chi connectivity index (χ0v) is 15.3. The van der Waals surface area contributed by atoms with Crippen molar-refractivity contribution in [2.75, 3.05) is 11.6 Å². The van der Waals surface area contributed by atoms with Crippen molar-refractivity contribution in [1.82, 2.24) is 10.2 Å². The van der Waals surface area contributed by atoms with Gasteiger partial charge in [0.1, 0.15) is 12.6 Å². The molecule has 1 atom stereocenters. The molecule has 2 aliphatic rings. The Hall–Kier alpha value is -1.69. The van der Waals surface area contributed by atoms with Gasteiger partial charge in [-0.05, 0) is 18.4 Å². The number of carbonyl (C=O) groups is 2. The maximum Gasteiger partial charge on any atom is 0.411 e. The van der Waals surface area contributed by atoms with Crippen LogP contribution in [-0.4, -0.2) is 40.6 Å². The summed E-state index contributed by atoms with van der Waals surface area (Å²) in [7, 11) is 0. The Morgan fingerprint density at radius 2 is 1.84 bits per heavy atom. The predicted molar refractivity (Wildman–Crippen MR) is 99.2 cm³/mol. The molecular weight excluding hydrogens is 336 g/mol. The first-order valence-corrected chi connectivity index (χ1v) is 10.2. The molecule has 2 fully saturated rings. The number of thioether (sulfide) groups is 1. The quantitative estimate of drug-likeness (QED) is 0.833. The summed E-state index contributed by atoms with van der Waals surface area (Å²) in [6.45, 7) is 0.234. The maximum atomic E-state index is 12.6. The number of hydrogen-bond acceptors (Lipinski definition) is 4. The summed E-state index contributed by atoms with van der Waals surface area (Å²) in [4.78, 5) is 26.6. The van der Waals surface area contributed by atoms with Gasteiger partial charge < -0.3 is 10.1 Å². The highest BCUT2D eigenvalue weighted by molar-refractivity contribution is 7.99. The first kappa shape index (κ1) is 18.1. The van der Waals surface area contributed by atoms with Crippen molar-refractivity contribution in [2.45, 2.75) is 57.2 Å². The van der Waals surface area contributed by atoms with Crippen molar-refractivity contribution in [3.63, 3.8) is 0 Å². The minimum atomic E-state index is -0.420.